The SMILES string of the molecule is CC(OC(=O)C12CC3CC(CC(C3)C1)C2)C(=O)Nc1ccc(S(N)(=O)=O)cc1. The lowest BCUT2D eigenvalue weighted by Crippen LogP contribution is -2.51. The number of hydrogen-bond donors (Lipinski definition) is 2. The molecule has 4 aliphatic rings. The van der Waals surface area contributed by atoms with E-state index in [1.165, 1.54) is 43.5 Å². The number of anilines is 1. The van der Waals surface area contributed by atoms with Gasteiger partial charge in [0.25, 0.3) is 5.91 Å². The lowest BCUT2D eigenvalue weighted by molar-refractivity contribution is -0.177. The number of amides is 1. The van der Waals surface area contributed by atoms with E-state index in [2.05, 4.69) is 5.32 Å². The third-order valence-electron chi connectivity index (χ3n) is 6.57. The van der Waals surface area contributed by atoms with Crippen molar-refractivity contribution in [3.8, 4) is 0 Å². The second kappa shape index (κ2) is 6.84. The molecule has 1 unspecified atom stereocenters. The first-order valence-corrected chi connectivity index (χ1v) is 11.3. The van der Waals surface area contributed by atoms with Crippen molar-refractivity contribution in [3.05, 3.63) is 24.3 Å². The molecule has 0 radical (unpaired) electrons. The molecule has 0 saturated heterocycles. The Labute approximate surface area is 165 Å². The number of ether oxygens (including phenoxy) is 1. The van der Waals surface area contributed by atoms with Gasteiger partial charge in [-0.2, -0.15) is 0 Å². The standard InChI is InChI=1S/C20H26N2O5S/c1-12(18(23)22-16-2-4-17(5-3-16)28(21,25)26)27-19(24)20-9-13-6-14(10-20)8-15(7-13)11-20/h2-5,12-15H,6-11H2,1H3,(H,22,23)(H2,21,25,26). The summed E-state index contributed by atoms with van der Waals surface area (Å²) in [6.45, 7) is 1.56. The first-order chi connectivity index (χ1) is 13.1. The van der Waals surface area contributed by atoms with Crippen molar-refractivity contribution >= 4 is 27.6 Å². The molecule has 1 aromatic carbocycles. The van der Waals surface area contributed by atoms with E-state index in [0.717, 1.165) is 19.3 Å². The number of hydrogen-bond acceptors (Lipinski definition) is 5. The van der Waals surface area contributed by atoms with E-state index in [1.54, 1.807) is 6.92 Å². The molecule has 7 nitrogen and oxygen atoms in total. The van der Waals surface area contributed by atoms with Crippen LogP contribution in [0.3, 0.4) is 0 Å². The third-order valence-corrected chi connectivity index (χ3v) is 7.50. The van der Waals surface area contributed by atoms with Gasteiger partial charge in [-0.25, -0.2) is 13.6 Å². The Morgan fingerprint density at radius 2 is 1.57 bits per heavy atom. The van der Waals surface area contributed by atoms with Crippen LogP contribution in [-0.4, -0.2) is 26.4 Å². The van der Waals surface area contributed by atoms with Crippen LogP contribution >= 0.6 is 0 Å². The Balaban J connectivity index is 1.37. The molecule has 1 amide bonds. The first-order valence-electron chi connectivity index (χ1n) is 9.79. The van der Waals surface area contributed by atoms with Crippen molar-refractivity contribution < 1.29 is 22.7 Å². The number of rotatable bonds is 5. The average Bonchev–Trinajstić information content (AvgIpc) is 2.60. The van der Waals surface area contributed by atoms with Crippen molar-refractivity contribution in [1.82, 2.24) is 0 Å². The van der Waals surface area contributed by atoms with Crippen molar-refractivity contribution in [2.45, 2.75) is 56.4 Å². The summed E-state index contributed by atoms with van der Waals surface area (Å²) in [6.07, 6.45) is 5.45. The van der Waals surface area contributed by atoms with Gasteiger partial charge in [-0.15, -0.1) is 0 Å². The van der Waals surface area contributed by atoms with Gasteiger partial charge in [0.05, 0.1) is 10.3 Å². The molecule has 5 rings (SSSR count). The van der Waals surface area contributed by atoms with Gasteiger partial charge in [0.15, 0.2) is 6.10 Å². The molecular formula is C20H26N2O5S. The molecule has 4 bridgehead atoms. The van der Waals surface area contributed by atoms with Gasteiger partial charge in [0.1, 0.15) is 0 Å². The molecule has 0 heterocycles. The van der Waals surface area contributed by atoms with Gasteiger partial charge in [-0.05, 0) is 87.5 Å². The van der Waals surface area contributed by atoms with Crippen molar-refractivity contribution in [1.29, 1.82) is 0 Å². The lowest BCUT2D eigenvalue weighted by Gasteiger charge is -2.55. The minimum Gasteiger partial charge on any atom is -0.452 e. The molecule has 4 saturated carbocycles. The molecule has 1 atom stereocenters. The van der Waals surface area contributed by atoms with Crippen LogP contribution < -0.4 is 10.5 Å². The van der Waals surface area contributed by atoms with E-state index >= 15 is 0 Å². The van der Waals surface area contributed by atoms with Crippen LogP contribution in [0.5, 0.6) is 0 Å². The number of benzene rings is 1. The minimum atomic E-state index is -3.78. The van der Waals surface area contributed by atoms with Crippen LogP contribution in [0, 0.1) is 23.2 Å². The summed E-state index contributed by atoms with van der Waals surface area (Å²) in [5.41, 5.74) is 0.00978. The quantitative estimate of drug-likeness (QED) is 0.729. The summed E-state index contributed by atoms with van der Waals surface area (Å²) in [4.78, 5) is 25.3. The Hall–Kier alpha value is -1.93. The second-order valence-corrected chi connectivity index (χ2v) is 10.4. The normalized spacial score (nSPS) is 32.0. The van der Waals surface area contributed by atoms with Gasteiger partial charge in [-0.1, -0.05) is 0 Å². The Morgan fingerprint density at radius 1 is 1.07 bits per heavy atom. The predicted molar refractivity (Wildman–Crippen MR) is 103 cm³/mol. The predicted octanol–water partition coefficient (Wildman–Crippen LogP) is 2.42. The topological polar surface area (TPSA) is 116 Å². The van der Waals surface area contributed by atoms with Gasteiger partial charge in [-0.3, -0.25) is 9.59 Å². The number of sulfonamides is 1. The molecule has 8 heteroatoms. The fraction of sp³-hybridized carbons (Fsp3) is 0.600. The lowest BCUT2D eigenvalue weighted by atomic mass is 9.49. The Bertz CT molecular complexity index is 858. The molecule has 4 fully saturated rings. The zero-order valence-corrected chi connectivity index (χ0v) is 16.7. The number of carbonyl (C=O) groups is 2. The summed E-state index contributed by atoms with van der Waals surface area (Å²) in [6, 6.07) is 5.53. The second-order valence-electron chi connectivity index (χ2n) is 8.80. The maximum atomic E-state index is 12.9. The Morgan fingerprint density at radius 3 is 2.04 bits per heavy atom. The van der Waals surface area contributed by atoms with Crippen molar-refractivity contribution in [3.63, 3.8) is 0 Å². The van der Waals surface area contributed by atoms with Crippen LogP contribution in [0.1, 0.15) is 45.4 Å². The summed E-state index contributed by atoms with van der Waals surface area (Å²) in [5, 5.41) is 7.71. The fourth-order valence-corrected chi connectivity index (χ4v) is 6.19. The molecule has 28 heavy (non-hydrogen) atoms. The average molecular weight is 407 g/mol. The van der Waals surface area contributed by atoms with Crippen LogP contribution in [0.4, 0.5) is 5.69 Å². The largest absolute Gasteiger partial charge is 0.452 e. The third kappa shape index (κ3) is 3.67. The zero-order chi connectivity index (χ0) is 20.1. The van der Waals surface area contributed by atoms with Gasteiger partial charge in [0, 0.05) is 5.69 Å². The van der Waals surface area contributed by atoms with Gasteiger partial charge < -0.3 is 10.1 Å². The van der Waals surface area contributed by atoms with Crippen LogP contribution in [0.25, 0.3) is 0 Å². The highest BCUT2D eigenvalue weighted by molar-refractivity contribution is 7.89. The molecular weight excluding hydrogens is 380 g/mol. The van der Waals surface area contributed by atoms with Crippen molar-refractivity contribution in [2.75, 3.05) is 5.32 Å². The van der Waals surface area contributed by atoms with E-state index in [9.17, 15) is 18.0 Å². The molecule has 0 aromatic heterocycles. The van der Waals surface area contributed by atoms with E-state index in [-0.39, 0.29) is 10.9 Å². The number of esters is 1. The molecule has 0 aliphatic heterocycles. The molecule has 3 N–H and O–H groups in total. The summed E-state index contributed by atoms with van der Waals surface area (Å²) < 4.78 is 28.2. The maximum absolute atomic E-state index is 12.9. The maximum Gasteiger partial charge on any atom is 0.312 e. The number of nitrogens with one attached hydrogen (secondary N) is 1. The minimum absolute atomic E-state index is 0.0354. The fourth-order valence-electron chi connectivity index (χ4n) is 5.67. The smallest absolute Gasteiger partial charge is 0.312 e. The highest BCUT2D eigenvalue weighted by atomic mass is 32.2. The van der Waals surface area contributed by atoms with Crippen LogP contribution in [-0.2, 0) is 24.3 Å². The monoisotopic (exact) mass is 406 g/mol. The summed E-state index contributed by atoms with van der Waals surface area (Å²) >= 11 is 0. The van der Waals surface area contributed by atoms with Crippen molar-refractivity contribution in [2.24, 2.45) is 28.3 Å². The van der Waals surface area contributed by atoms with E-state index in [4.69, 9.17) is 9.88 Å². The molecule has 1 aromatic rings. The number of carbonyl (C=O) groups excluding carboxylic acids is 2. The zero-order valence-electron chi connectivity index (χ0n) is 15.9. The van der Waals surface area contributed by atoms with E-state index < -0.39 is 27.4 Å². The molecule has 4 aliphatic carbocycles. The number of nitrogens with two attached hydrogens (primary N) is 1. The van der Waals surface area contributed by atoms with Crippen LogP contribution in [0.2, 0.25) is 0 Å². The number of primary sulfonamides is 1. The highest BCUT2D eigenvalue weighted by Gasteiger charge is 2.55. The van der Waals surface area contributed by atoms with Gasteiger partial charge in [0.2, 0.25) is 10.0 Å². The Kier molecular flexibility index (Phi) is 4.74. The first kappa shape index (κ1) is 19.4. The molecule has 0 spiro atoms. The van der Waals surface area contributed by atoms with Gasteiger partial charge >= 0.3 is 5.97 Å². The van der Waals surface area contributed by atoms with Crippen LogP contribution in [0.15, 0.2) is 29.2 Å². The summed E-state index contributed by atoms with van der Waals surface area (Å²) in [5.74, 6) is 1.20. The molecule has 152 valence electrons. The van der Waals surface area contributed by atoms with E-state index in [1.807, 2.05) is 0 Å². The summed E-state index contributed by atoms with van der Waals surface area (Å²) in [7, 11) is -3.78. The highest BCUT2D eigenvalue weighted by Crippen LogP contribution is 2.60. The van der Waals surface area contributed by atoms with E-state index in [0.29, 0.717) is 23.4 Å².